The highest BCUT2D eigenvalue weighted by Crippen LogP contribution is 2.30. The smallest absolute Gasteiger partial charge is 0.410 e. The zero-order chi connectivity index (χ0) is 24.2. The Hall–Kier alpha value is -4.94. The van der Waals surface area contributed by atoms with Gasteiger partial charge in [-0.15, -0.1) is 0 Å². The van der Waals surface area contributed by atoms with E-state index in [1.54, 1.807) is 0 Å². The van der Waals surface area contributed by atoms with Gasteiger partial charge in [0.25, 0.3) is 5.91 Å². The van der Waals surface area contributed by atoms with Crippen LogP contribution in [0.15, 0.2) is 58.3 Å². The Morgan fingerprint density at radius 1 is 1.15 bits per heavy atom. The van der Waals surface area contributed by atoms with Gasteiger partial charge in [-0.1, -0.05) is 0 Å². The Bertz CT molecular complexity index is 1440. The number of aryl methyl sites for hydroxylation is 1. The standard InChI is InChI=1S/C21H16FN7O5/c1-29-10-11(4-5-14(29)30)15-16(20-24-7-8-34-20)27-18(28-21(32)33)17(26-15)19(31)25-9-13-12(22)3-2-6-23-13/h2-8,10H,9H2,1H3,(H,25,31)(H,27,28)(H,32,33). The van der Waals surface area contributed by atoms with Gasteiger partial charge in [0.15, 0.2) is 17.2 Å². The van der Waals surface area contributed by atoms with Crippen LogP contribution in [-0.2, 0) is 13.6 Å². The second kappa shape index (κ2) is 9.28. The Morgan fingerprint density at radius 3 is 2.65 bits per heavy atom. The van der Waals surface area contributed by atoms with Gasteiger partial charge >= 0.3 is 6.09 Å². The monoisotopic (exact) mass is 465 g/mol. The van der Waals surface area contributed by atoms with E-state index in [1.807, 2.05) is 5.32 Å². The van der Waals surface area contributed by atoms with Crippen molar-refractivity contribution in [3.8, 4) is 22.8 Å². The molecule has 13 heteroatoms. The van der Waals surface area contributed by atoms with Gasteiger partial charge in [-0.3, -0.25) is 19.9 Å². The molecule has 0 aliphatic carbocycles. The minimum absolute atomic E-state index is 0.00677. The van der Waals surface area contributed by atoms with Gasteiger partial charge in [0.05, 0.1) is 18.4 Å². The molecule has 4 aromatic rings. The number of carboxylic acid groups (broad SMARTS) is 1. The number of hydrogen-bond acceptors (Lipinski definition) is 8. The number of amides is 2. The zero-order valence-electron chi connectivity index (χ0n) is 17.5. The van der Waals surface area contributed by atoms with Crippen LogP contribution >= 0.6 is 0 Å². The van der Waals surface area contributed by atoms with E-state index in [1.165, 1.54) is 60.7 Å². The predicted octanol–water partition coefficient (Wildman–Crippen LogP) is 2.05. The van der Waals surface area contributed by atoms with Crippen LogP contribution in [0, 0.1) is 5.82 Å². The summed E-state index contributed by atoms with van der Waals surface area (Å²) in [6, 6.07) is 5.36. The molecule has 3 N–H and O–H groups in total. The number of aromatic nitrogens is 5. The molecule has 0 spiro atoms. The number of rotatable bonds is 6. The summed E-state index contributed by atoms with van der Waals surface area (Å²) >= 11 is 0. The lowest BCUT2D eigenvalue weighted by Crippen LogP contribution is -2.27. The molecule has 0 aliphatic rings. The molecule has 34 heavy (non-hydrogen) atoms. The first-order chi connectivity index (χ1) is 16.3. The number of pyridine rings is 2. The van der Waals surface area contributed by atoms with Gasteiger partial charge in [0, 0.05) is 31.1 Å². The maximum absolute atomic E-state index is 13.9. The molecule has 4 heterocycles. The fourth-order valence-corrected chi connectivity index (χ4v) is 3.00. The predicted molar refractivity (Wildman–Crippen MR) is 115 cm³/mol. The van der Waals surface area contributed by atoms with E-state index in [4.69, 9.17) is 4.42 Å². The van der Waals surface area contributed by atoms with Crippen LogP contribution in [0.3, 0.4) is 0 Å². The summed E-state index contributed by atoms with van der Waals surface area (Å²) in [5.41, 5.74) is -0.185. The van der Waals surface area contributed by atoms with E-state index < -0.39 is 29.3 Å². The minimum Gasteiger partial charge on any atom is -0.465 e. The minimum atomic E-state index is -1.49. The summed E-state index contributed by atoms with van der Waals surface area (Å²) in [5.74, 6) is -1.85. The lowest BCUT2D eigenvalue weighted by Gasteiger charge is -2.13. The van der Waals surface area contributed by atoms with Crippen LogP contribution in [0.2, 0.25) is 0 Å². The summed E-state index contributed by atoms with van der Waals surface area (Å²) in [4.78, 5) is 52.6. The van der Waals surface area contributed by atoms with E-state index in [0.717, 1.165) is 0 Å². The number of oxazole rings is 1. The molecule has 0 aliphatic heterocycles. The molecule has 172 valence electrons. The van der Waals surface area contributed by atoms with Crippen molar-refractivity contribution in [1.82, 2.24) is 29.8 Å². The van der Waals surface area contributed by atoms with E-state index >= 15 is 0 Å². The molecule has 0 fully saturated rings. The second-order valence-electron chi connectivity index (χ2n) is 6.87. The molecule has 0 radical (unpaired) electrons. The average molecular weight is 465 g/mol. The van der Waals surface area contributed by atoms with Crippen LogP contribution in [0.25, 0.3) is 22.8 Å². The molecule has 0 saturated heterocycles. The van der Waals surface area contributed by atoms with E-state index in [0.29, 0.717) is 5.56 Å². The van der Waals surface area contributed by atoms with E-state index in [2.05, 4.69) is 25.3 Å². The van der Waals surface area contributed by atoms with Gasteiger partial charge in [-0.2, -0.15) is 0 Å². The summed E-state index contributed by atoms with van der Waals surface area (Å²) < 4.78 is 20.5. The summed E-state index contributed by atoms with van der Waals surface area (Å²) in [7, 11) is 1.53. The van der Waals surface area contributed by atoms with Crippen LogP contribution in [-0.4, -0.2) is 41.6 Å². The molecule has 4 aromatic heterocycles. The molecular formula is C21H16FN7O5. The molecule has 0 atom stereocenters. The lowest BCUT2D eigenvalue weighted by molar-refractivity contribution is 0.0946. The SMILES string of the molecule is Cn1cc(-c2nc(C(=O)NCc3ncccc3F)c(NC(=O)O)nc2-c2ncco2)ccc1=O. The average Bonchev–Trinajstić information content (AvgIpc) is 3.34. The normalized spacial score (nSPS) is 10.6. The first-order valence-electron chi connectivity index (χ1n) is 9.70. The molecule has 0 unspecified atom stereocenters. The Balaban J connectivity index is 1.83. The molecule has 0 saturated carbocycles. The topological polar surface area (TPSA) is 165 Å². The fraction of sp³-hybridized carbons (Fsp3) is 0.0952. The van der Waals surface area contributed by atoms with Crippen molar-refractivity contribution in [3.05, 3.63) is 76.7 Å². The van der Waals surface area contributed by atoms with E-state index in [9.17, 15) is 23.9 Å². The van der Waals surface area contributed by atoms with Crippen molar-refractivity contribution in [3.63, 3.8) is 0 Å². The Labute approximate surface area is 190 Å². The molecule has 12 nitrogen and oxygen atoms in total. The lowest BCUT2D eigenvalue weighted by atomic mass is 10.1. The summed E-state index contributed by atoms with van der Waals surface area (Å²) in [5, 5.41) is 13.7. The molecule has 0 aromatic carbocycles. The summed E-state index contributed by atoms with van der Waals surface area (Å²) in [6.07, 6.45) is 3.98. The van der Waals surface area contributed by atoms with E-state index in [-0.39, 0.29) is 35.1 Å². The van der Waals surface area contributed by atoms with Crippen molar-refractivity contribution in [2.24, 2.45) is 7.05 Å². The highest BCUT2D eigenvalue weighted by molar-refractivity contribution is 6.00. The quantitative estimate of drug-likeness (QED) is 0.386. The van der Waals surface area contributed by atoms with Crippen molar-refractivity contribution < 1.29 is 23.5 Å². The van der Waals surface area contributed by atoms with Gasteiger partial charge in [-0.25, -0.2) is 24.1 Å². The fourth-order valence-electron chi connectivity index (χ4n) is 3.00. The van der Waals surface area contributed by atoms with Crippen LogP contribution < -0.4 is 16.2 Å². The first-order valence-corrected chi connectivity index (χ1v) is 9.70. The first kappa shape index (κ1) is 22.3. The van der Waals surface area contributed by atoms with Crippen molar-refractivity contribution in [2.75, 3.05) is 5.32 Å². The Kier molecular flexibility index (Phi) is 6.07. The third-order valence-corrected chi connectivity index (χ3v) is 4.58. The number of nitrogens with zero attached hydrogens (tertiary/aromatic N) is 5. The van der Waals surface area contributed by atoms with Gasteiger partial charge in [-0.05, 0) is 18.2 Å². The number of anilines is 1. The maximum atomic E-state index is 13.9. The number of nitrogens with one attached hydrogen (secondary N) is 2. The van der Waals surface area contributed by atoms with Crippen LogP contribution in [0.5, 0.6) is 0 Å². The van der Waals surface area contributed by atoms with Gasteiger partial charge in [0.2, 0.25) is 11.4 Å². The maximum Gasteiger partial charge on any atom is 0.410 e. The van der Waals surface area contributed by atoms with Crippen molar-refractivity contribution in [1.29, 1.82) is 0 Å². The summed E-state index contributed by atoms with van der Waals surface area (Å²) in [6.45, 7) is -0.281. The molecule has 0 bridgehead atoms. The van der Waals surface area contributed by atoms with Gasteiger partial charge < -0.3 is 19.4 Å². The van der Waals surface area contributed by atoms with Crippen LogP contribution in [0.4, 0.5) is 15.0 Å². The highest BCUT2D eigenvalue weighted by atomic mass is 19.1. The van der Waals surface area contributed by atoms with Gasteiger partial charge in [0.1, 0.15) is 17.8 Å². The molecule has 4 rings (SSSR count). The Morgan fingerprint density at radius 2 is 1.97 bits per heavy atom. The van der Waals surface area contributed by atoms with Crippen molar-refractivity contribution >= 4 is 17.8 Å². The number of halogens is 1. The number of hydrogen-bond donors (Lipinski definition) is 3. The third-order valence-electron chi connectivity index (χ3n) is 4.58. The molecular weight excluding hydrogens is 449 g/mol. The number of carbonyl (C=O) groups excluding carboxylic acids is 1. The second-order valence-corrected chi connectivity index (χ2v) is 6.87. The largest absolute Gasteiger partial charge is 0.465 e. The number of carbonyl (C=O) groups is 2. The highest BCUT2D eigenvalue weighted by Gasteiger charge is 2.24. The molecule has 2 amide bonds. The van der Waals surface area contributed by atoms with Crippen molar-refractivity contribution in [2.45, 2.75) is 6.54 Å². The zero-order valence-corrected chi connectivity index (χ0v) is 17.5. The third kappa shape index (κ3) is 4.62. The van der Waals surface area contributed by atoms with Crippen LogP contribution in [0.1, 0.15) is 16.2 Å².